The van der Waals surface area contributed by atoms with Crippen LogP contribution in [0.15, 0.2) is 47.5 Å². The van der Waals surface area contributed by atoms with E-state index >= 15 is 0 Å². The van der Waals surface area contributed by atoms with Crippen molar-refractivity contribution in [2.75, 3.05) is 27.7 Å². The van der Waals surface area contributed by atoms with Crippen LogP contribution in [0, 0.1) is 5.82 Å². The molecule has 0 saturated carbocycles. The summed E-state index contributed by atoms with van der Waals surface area (Å²) in [7, 11) is 4.60. The van der Waals surface area contributed by atoms with Crippen molar-refractivity contribution in [3.63, 3.8) is 0 Å². The first-order valence-electron chi connectivity index (χ1n) is 9.30. The third kappa shape index (κ3) is 8.89. The van der Waals surface area contributed by atoms with Crippen molar-refractivity contribution in [2.45, 2.75) is 19.3 Å². The molecule has 0 aromatic heterocycles. The van der Waals surface area contributed by atoms with E-state index in [2.05, 4.69) is 15.6 Å². The van der Waals surface area contributed by atoms with Gasteiger partial charge < -0.3 is 20.3 Å². The summed E-state index contributed by atoms with van der Waals surface area (Å²) < 4.78 is 57.5. The van der Waals surface area contributed by atoms with Crippen LogP contribution in [0.5, 0.6) is 5.75 Å². The summed E-state index contributed by atoms with van der Waals surface area (Å²) in [5.41, 5.74) is 0.152. The van der Waals surface area contributed by atoms with Gasteiger partial charge in [0.05, 0.1) is 25.8 Å². The van der Waals surface area contributed by atoms with Crippen LogP contribution in [-0.2, 0) is 24.1 Å². The largest absolute Gasteiger partial charge is 0.497 e. The van der Waals surface area contributed by atoms with Crippen LogP contribution in [0.4, 0.5) is 17.6 Å². The zero-order valence-corrected chi connectivity index (χ0v) is 20.1. The van der Waals surface area contributed by atoms with Gasteiger partial charge in [0, 0.05) is 26.7 Å². The second-order valence-electron chi connectivity index (χ2n) is 6.86. The number of halogens is 5. The SMILES string of the molecule is COc1cc(F)cc(CN=C(NCC(=O)N(C)C)NCc2cccc(C(F)(F)F)c2)c1.I. The summed E-state index contributed by atoms with van der Waals surface area (Å²) in [4.78, 5) is 17.6. The lowest BCUT2D eigenvalue weighted by Gasteiger charge is -2.16. The predicted octanol–water partition coefficient (Wildman–Crippen LogP) is 3.79. The Morgan fingerprint density at radius 3 is 2.44 bits per heavy atom. The number of aliphatic imine (C=N–C) groups is 1. The Bertz CT molecular complexity index is 936. The molecular weight excluding hydrogens is 543 g/mol. The second-order valence-corrected chi connectivity index (χ2v) is 6.86. The Kier molecular flexibility index (Phi) is 10.7. The van der Waals surface area contributed by atoms with Gasteiger partial charge in [0.1, 0.15) is 11.6 Å². The molecule has 0 aliphatic heterocycles. The van der Waals surface area contributed by atoms with Crippen LogP contribution in [0.3, 0.4) is 0 Å². The number of ether oxygens (including phenoxy) is 1. The number of likely N-dealkylation sites (N-methyl/N-ethyl adjacent to an activating group) is 1. The molecular formula is C21H25F4IN4O2. The standard InChI is InChI=1S/C21H24F4N4O2.HI/c1-29(2)19(30)13-28-20(27-12-15-8-17(22)10-18(9-15)31-3)26-11-14-5-4-6-16(7-14)21(23,24)25;/h4-10H,11-13H2,1-3H3,(H2,26,27,28);1H. The predicted molar refractivity (Wildman–Crippen MR) is 124 cm³/mol. The molecule has 2 N–H and O–H groups in total. The lowest BCUT2D eigenvalue weighted by Crippen LogP contribution is -2.42. The number of rotatable bonds is 7. The molecule has 0 aliphatic carbocycles. The van der Waals surface area contributed by atoms with E-state index in [0.717, 1.165) is 12.1 Å². The maximum Gasteiger partial charge on any atom is 0.416 e. The number of carbonyl (C=O) groups is 1. The first kappa shape index (κ1) is 27.5. The molecule has 0 fully saturated rings. The number of methoxy groups -OCH3 is 1. The molecule has 0 atom stereocenters. The van der Waals surface area contributed by atoms with E-state index in [9.17, 15) is 22.4 Å². The fraction of sp³-hybridized carbons (Fsp3) is 0.333. The normalized spacial score (nSPS) is 11.4. The highest BCUT2D eigenvalue weighted by atomic mass is 127. The maximum atomic E-state index is 13.7. The number of carbonyl (C=O) groups excluding carboxylic acids is 1. The Hall–Kier alpha value is -2.57. The molecule has 32 heavy (non-hydrogen) atoms. The van der Waals surface area contributed by atoms with Gasteiger partial charge in [0.2, 0.25) is 5.91 Å². The van der Waals surface area contributed by atoms with Crippen LogP contribution in [-0.4, -0.2) is 44.5 Å². The number of nitrogens with one attached hydrogen (secondary N) is 2. The van der Waals surface area contributed by atoms with Crippen molar-refractivity contribution in [1.29, 1.82) is 0 Å². The molecule has 2 rings (SSSR count). The second kappa shape index (κ2) is 12.5. The Morgan fingerprint density at radius 2 is 1.81 bits per heavy atom. The third-order valence-corrected chi connectivity index (χ3v) is 4.21. The highest BCUT2D eigenvalue weighted by molar-refractivity contribution is 14.0. The van der Waals surface area contributed by atoms with Crippen LogP contribution >= 0.6 is 24.0 Å². The summed E-state index contributed by atoms with van der Waals surface area (Å²) in [6.45, 7) is 0.0223. The Balaban J connectivity index is 0.00000512. The van der Waals surface area contributed by atoms with Gasteiger partial charge in [-0.05, 0) is 35.4 Å². The van der Waals surface area contributed by atoms with E-state index in [1.54, 1.807) is 26.2 Å². The monoisotopic (exact) mass is 568 g/mol. The molecule has 0 heterocycles. The smallest absolute Gasteiger partial charge is 0.416 e. The molecule has 1 amide bonds. The average molecular weight is 568 g/mol. The van der Waals surface area contributed by atoms with Crippen LogP contribution < -0.4 is 15.4 Å². The minimum atomic E-state index is -4.44. The number of amides is 1. The van der Waals surface area contributed by atoms with Gasteiger partial charge in [0.25, 0.3) is 0 Å². The lowest BCUT2D eigenvalue weighted by molar-refractivity contribution is -0.137. The summed E-state index contributed by atoms with van der Waals surface area (Å²) in [6.07, 6.45) is -4.44. The summed E-state index contributed by atoms with van der Waals surface area (Å²) >= 11 is 0. The Labute approximate surface area is 201 Å². The lowest BCUT2D eigenvalue weighted by atomic mass is 10.1. The first-order chi connectivity index (χ1) is 14.6. The van der Waals surface area contributed by atoms with Crippen molar-refractivity contribution in [3.8, 4) is 5.75 Å². The number of hydrogen-bond acceptors (Lipinski definition) is 3. The number of benzene rings is 2. The van der Waals surface area contributed by atoms with E-state index in [0.29, 0.717) is 16.9 Å². The van der Waals surface area contributed by atoms with Gasteiger partial charge in [-0.2, -0.15) is 13.2 Å². The first-order valence-corrected chi connectivity index (χ1v) is 9.30. The minimum Gasteiger partial charge on any atom is -0.497 e. The van der Waals surface area contributed by atoms with Crippen LogP contribution in [0.25, 0.3) is 0 Å². The van der Waals surface area contributed by atoms with Crippen LogP contribution in [0.1, 0.15) is 16.7 Å². The average Bonchev–Trinajstić information content (AvgIpc) is 2.72. The fourth-order valence-electron chi connectivity index (χ4n) is 2.54. The molecule has 0 saturated heterocycles. The highest BCUT2D eigenvalue weighted by Gasteiger charge is 2.30. The zero-order chi connectivity index (χ0) is 23.0. The van der Waals surface area contributed by atoms with Crippen molar-refractivity contribution in [3.05, 3.63) is 65.0 Å². The van der Waals surface area contributed by atoms with Crippen molar-refractivity contribution < 1.29 is 27.1 Å². The van der Waals surface area contributed by atoms with Gasteiger partial charge in [-0.3, -0.25) is 4.79 Å². The highest BCUT2D eigenvalue weighted by Crippen LogP contribution is 2.29. The fourth-order valence-corrected chi connectivity index (χ4v) is 2.54. The Morgan fingerprint density at radius 1 is 1.09 bits per heavy atom. The topological polar surface area (TPSA) is 66.0 Å². The molecule has 0 unspecified atom stereocenters. The minimum absolute atomic E-state index is 0. The molecule has 0 spiro atoms. The number of hydrogen-bond donors (Lipinski definition) is 2. The molecule has 2 aromatic rings. The van der Waals surface area contributed by atoms with Crippen molar-refractivity contribution in [2.24, 2.45) is 4.99 Å². The molecule has 0 radical (unpaired) electrons. The van der Waals surface area contributed by atoms with Crippen molar-refractivity contribution in [1.82, 2.24) is 15.5 Å². The summed E-state index contributed by atoms with van der Waals surface area (Å²) in [5, 5.41) is 5.73. The van der Waals surface area contributed by atoms with Crippen molar-refractivity contribution >= 4 is 35.8 Å². The van der Waals surface area contributed by atoms with E-state index in [1.165, 1.54) is 30.2 Å². The van der Waals surface area contributed by atoms with E-state index < -0.39 is 17.6 Å². The molecule has 2 aromatic carbocycles. The van der Waals surface area contributed by atoms with Gasteiger partial charge in [0.15, 0.2) is 5.96 Å². The molecule has 0 bridgehead atoms. The van der Waals surface area contributed by atoms with Gasteiger partial charge in [-0.15, -0.1) is 24.0 Å². The third-order valence-electron chi connectivity index (χ3n) is 4.21. The van der Waals surface area contributed by atoms with Gasteiger partial charge in [-0.1, -0.05) is 12.1 Å². The van der Waals surface area contributed by atoms with Gasteiger partial charge >= 0.3 is 6.18 Å². The van der Waals surface area contributed by atoms with Gasteiger partial charge in [-0.25, -0.2) is 9.38 Å². The summed E-state index contributed by atoms with van der Waals surface area (Å²) in [5.74, 6) is -0.185. The maximum absolute atomic E-state index is 13.7. The molecule has 0 aliphatic rings. The zero-order valence-electron chi connectivity index (χ0n) is 17.8. The van der Waals surface area contributed by atoms with E-state index in [-0.39, 0.29) is 55.5 Å². The molecule has 11 heteroatoms. The van der Waals surface area contributed by atoms with E-state index in [1.807, 2.05) is 0 Å². The van der Waals surface area contributed by atoms with E-state index in [4.69, 9.17) is 4.74 Å². The number of alkyl halides is 3. The quantitative estimate of drug-likeness (QED) is 0.231. The molecule has 6 nitrogen and oxygen atoms in total. The number of guanidine groups is 1. The van der Waals surface area contributed by atoms with Crippen LogP contribution in [0.2, 0.25) is 0 Å². The summed E-state index contributed by atoms with van der Waals surface area (Å²) in [6, 6.07) is 9.02. The number of nitrogens with zero attached hydrogens (tertiary/aromatic N) is 2. The molecule has 176 valence electrons.